The molecule has 9 aromatic rings. The maximum Gasteiger partial charge on any atom is -0.00201 e. The van der Waals surface area contributed by atoms with Gasteiger partial charge in [-0.1, -0.05) is 170 Å². The number of benzene rings is 9. The van der Waals surface area contributed by atoms with E-state index in [9.17, 15) is 0 Å². The molecule has 9 rings (SSSR count). The summed E-state index contributed by atoms with van der Waals surface area (Å²) in [5, 5.41) is 10.2. The minimum absolute atomic E-state index is 1.21. The lowest BCUT2D eigenvalue weighted by Crippen LogP contribution is -1.92. The zero-order valence-corrected chi connectivity index (χ0v) is 25.3. The van der Waals surface area contributed by atoms with E-state index in [4.69, 9.17) is 0 Å². The van der Waals surface area contributed by atoms with Crippen LogP contribution in [0.1, 0.15) is 0 Å². The Morgan fingerprint density at radius 3 is 1.17 bits per heavy atom. The summed E-state index contributed by atoms with van der Waals surface area (Å²) < 4.78 is 0. The molecule has 0 bridgehead atoms. The molecule has 0 radical (unpaired) electrons. The van der Waals surface area contributed by atoms with Gasteiger partial charge in [0.2, 0.25) is 0 Å². The van der Waals surface area contributed by atoms with E-state index in [2.05, 4.69) is 182 Å². The molecule has 0 aliphatic carbocycles. The third-order valence-corrected chi connectivity index (χ3v) is 9.44. The van der Waals surface area contributed by atoms with Gasteiger partial charge in [-0.3, -0.25) is 0 Å². The molecule has 0 amide bonds. The first kappa shape index (κ1) is 26.4. The molecule has 214 valence electrons. The predicted molar refractivity (Wildman–Crippen MR) is 198 cm³/mol. The molecule has 0 saturated carbocycles. The SMILES string of the molecule is c1cc(-c2cccc(-c3c4ccccc4c(-c4cccc5ccccc45)c4ccccc34)c2)cc(-c2cccc3ccccc23)c1. The first-order valence-corrected chi connectivity index (χ1v) is 15.9. The van der Waals surface area contributed by atoms with Gasteiger partial charge in [-0.15, -0.1) is 0 Å². The Morgan fingerprint density at radius 1 is 0.217 bits per heavy atom. The fourth-order valence-corrected chi connectivity index (χ4v) is 7.37. The van der Waals surface area contributed by atoms with Crippen LogP contribution in [0.3, 0.4) is 0 Å². The first-order chi connectivity index (χ1) is 22.8. The summed E-state index contributed by atoms with van der Waals surface area (Å²) in [6.45, 7) is 0. The maximum atomic E-state index is 2.37. The van der Waals surface area contributed by atoms with Gasteiger partial charge in [-0.2, -0.15) is 0 Å². The summed E-state index contributed by atoms with van der Waals surface area (Å²) >= 11 is 0. The summed E-state index contributed by atoms with van der Waals surface area (Å²) in [4.78, 5) is 0. The van der Waals surface area contributed by atoms with Crippen LogP contribution in [0.4, 0.5) is 0 Å². The van der Waals surface area contributed by atoms with Gasteiger partial charge in [0.05, 0.1) is 0 Å². The van der Waals surface area contributed by atoms with Crippen LogP contribution in [0.25, 0.3) is 87.6 Å². The summed E-state index contributed by atoms with van der Waals surface area (Å²) in [6.07, 6.45) is 0. The monoisotopic (exact) mass is 582 g/mol. The smallest absolute Gasteiger partial charge is 0.00201 e. The van der Waals surface area contributed by atoms with Gasteiger partial charge in [0.1, 0.15) is 0 Å². The summed E-state index contributed by atoms with van der Waals surface area (Å²) in [6, 6.07) is 66.5. The van der Waals surface area contributed by atoms with Crippen molar-refractivity contribution in [2.45, 2.75) is 0 Å². The molecule has 0 saturated heterocycles. The lowest BCUT2D eigenvalue weighted by molar-refractivity contribution is 1.60. The van der Waals surface area contributed by atoms with E-state index >= 15 is 0 Å². The molecule has 0 spiro atoms. The molecule has 0 aromatic heterocycles. The van der Waals surface area contributed by atoms with Gasteiger partial charge in [0.15, 0.2) is 0 Å². The van der Waals surface area contributed by atoms with Crippen LogP contribution in [-0.4, -0.2) is 0 Å². The lowest BCUT2D eigenvalue weighted by atomic mass is 9.84. The van der Waals surface area contributed by atoms with E-state index in [0.29, 0.717) is 0 Å². The Morgan fingerprint density at radius 2 is 0.587 bits per heavy atom. The minimum atomic E-state index is 1.21. The molecule has 0 heterocycles. The minimum Gasteiger partial charge on any atom is -0.0616 e. The molecule has 9 aromatic carbocycles. The molecule has 0 nitrogen and oxygen atoms in total. The van der Waals surface area contributed by atoms with Crippen molar-refractivity contribution in [2.24, 2.45) is 0 Å². The Hall–Kier alpha value is -5.98. The maximum absolute atomic E-state index is 2.37. The van der Waals surface area contributed by atoms with Gasteiger partial charge in [-0.25, -0.2) is 0 Å². The molecule has 0 aliphatic rings. The molecule has 46 heavy (non-hydrogen) atoms. The van der Waals surface area contributed by atoms with Crippen LogP contribution in [0.5, 0.6) is 0 Å². The number of hydrogen-bond donors (Lipinski definition) is 0. The Balaban J connectivity index is 1.25. The molecule has 0 fully saturated rings. The van der Waals surface area contributed by atoms with E-state index in [1.807, 2.05) is 0 Å². The molecule has 0 unspecified atom stereocenters. The molecule has 0 aliphatic heterocycles. The van der Waals surface area contributed by atoms with Crippen molar-refractivity contribution in [3.8, 4) is 44.5 Å². The summed E-state index contributed by atoms with van der Waals surface area (Å²) in [7, 11) is 0. The average Bonchev–Trinajstić information content (AvgIpc) is 3.13. The lowest BCUT2D eigenvalue weighted by Gasteiger charge is -2.19. The van der Waals surface area contributed by atoms with E-state index in [0.717, 1.165) is 0 Å². The van der Waals surface area contributed by atoms with Crippen molar-refractivity contribution < 1.29 is 0 Å². The average molecular weight is 583 g/mol. The predicted octanol–water partition coefficient (Wildman–Crippen LogP) is 13.0. The largest absolute Gasteiger partial charge is 0.0616 e. The molecular formula is C46H30. The Labute approximate surface area is 268 Å². The Bertz CT molecular complexity index is 2520. The standard InChI is InChI=1S/C46H30/c1-3-21-37-31(13-1)15-11-27-39(37)35-19-9-17-33(29-35)34-18-10-20-36(30-34)45-41-23-5-7-25-43(41)46(44-26-8-6-24-42(44)45)40-28-12-16-32-14-2-4-22-38(32)40/h1-30H. The highest BCUT2D eigenvalue weighted by Crippen LogP contribution is 2.45. The normalized spacial score (nSPS) is 11.5. The molecule has 0 atom stereocenters. The van der Waals surface area contributed by atoms with Crippen molar-refractivity contribution in [3.63, 3.8) is 0 Å². The summed E-state index contributed by atoms with van der Waals surface area (Å²) in [5.74, 6) is 0. The van der Waals surface area contributed by atoms with Crippen LogP contribution in [0, 0.1) is 0 Å². The van der Waals surface area contributed by atoms with Crippen LogP contribution in [0.15, 0.2) is 182 Å². The topological polar surface area (TPSA) is 0 Å². The fourth-order valence-electron chi connectivity index (χ4n) is 7.37. The van der Waals surface area contributed by atoms with Gasteiger partial charge in [0, 0.05) is 0 Å². The van der Waals surface area contributed by atoms with Crippen LogP contribution >= 0.6 is 0 Å². The van der Waals surface area contributed by atoms with Crippen molar-refractivity contribution >= 4 is 43.1 Å². The van der Waals surface area contributed by atoms with E-state index in [1.54, 1.807) is 0 Å². The highest BCUT2D eigenvalue weighted by atomic mass is 14.2. The van der Waals surface area contributed by atoms with Crippen molar-refractivity contribution in [2.75, 3.05) is 0 Å². The van der Waals surface area contributed by atoms with E-state index in [1.165, 1.54) is 87.6 Å². The van der Waals surface area contributed by atoms with Crippen LogP contribution in [0.2, 0.25) is 0 Å². The highest BCUT2D eigenvalue weighted by molar-refractivity contribution is 6.23. The molecule has 0 N–H and O–H groups in total. The third-order valence-electron chi connectivity index (χ3n) is 9.44. The van der Waals surface area contributed by atoms with E-state index in [-0.39, 0.29) is 0 Å². The van der Waals surface area contributed by atoms with Gasteiger partial charge in [-0.05, 0) is 99.7 Å². The quantitative estimate of drug-likeness (QED) is 0.181. The van der Waals surface area contributed by atoms with Crippen LogP contribution in [-0.2, 0) is 0 Å². The van der Waals surface area contributed by atoms with Crippen molar-refractivity contribution in [3.05, 3.63) is 182 Å². The van der Waals surface area contributed by atoms with Gasteiger partial charge >= 0.3 is 0 Å². The number of hydrogen-bond acceptors (Lipinski definition) is 0. The second kappa shape index (κ2) is 10.9. The summed E-state index contributed by atoms with van der Waals surface area (Å²) in [5.41, 5.74) is 10.0. The number of fused-ring (bicyclic) bond motifs is 4. The van der Waals surface area contributed by atoms with Gasteiger partial charge in [0.25, 0.3) is 0 Å². The molecular weight excluding hydrogens is 553 g/mol. The molecule has 0 heteroatoms. The second-order valence-electron chi connectivity index (χ2n) is 12.1. The second-order valence-corrected chi connectivity index (χ2v) is 12.1. The Kier molecular flexibility index (Phi) is 6.25. The zero-order valence-electron chi connectivity index (χ0n) is 25.3. The number of rotatable bonds is 4. The van der Waals surface area contributed by atoms with E-state index < -0.39 is 0 Å². The first-order valence-electron chi connectivity index (χ1n) is 15.9. The van der Waals surface area contributed by atoms with Crippen LogP contribution < -0.4 is 0 Å². The van der Waals surface area contributed by atoms with Crippen molar-refractivity contribution in [1.29, 1.82) is 0 Å². The third kappa shape index (κ3) is 4.30. The zero-order chi connectivity index (χ0) is 30.5. The van der Waals surface area contributed by atoms with Crippen molar-refractivity contribution in [1.82, 2.24) is 0 Å². The highest BCUT2D eigenvalue weighted by Gasteiger charge is 2.18. The van der Waals surface area contributed by atoms with Gasteiger partial charge < -0.3 is 0 Å². The fraction of sp³-hybridized carbons (Fsp3) is 0.